The molecule has 0 bridgehead atoms. The zero-order chi connectivity index (χ0) is 8.69. The molecule has 11 heavy (non-hydrogen) atoms. The van der Waals surface area contributed by atoms with Crippen LogP contribution in [-0.2, 0) is 14.1 Å². The summed E-state index contributed by atoms with van der Waals surface area (Å²) in [5.41, 5.74) is 0. The Morgan fingerprint density at radius 3 is 2.82 bits per heavy atom. The van der Waals surface area contributed by atoms with Crippen molar-refractivity contribution in [3.8, 4) is 0 Å². The largest absolute Gasteiger partial charge is 0.538 e. The smallest absolute Gasteiger partial charge is 0.458 e. The van der Waals surface area contributed by atoms with Gasteiger partial charge in [-0.25, -0.2) is 4.79 Å². The van der Waals surface area contributed by atoms with Crippen LogP contribution in [0.2, 0.25) is 0 Å². The van der Waals surface area contributed by atoms with Gasteiger partial charge in [-0.2, -0.15) is 4.89 Å². The lowest BCUT2D eigenvalue weighted by molar-refractivity contribution is -0.136. The van der Waals surface area contributed by atoms with Gasteiger partial charge in [-0.3, -0.25) is 0 Å². The summed E-state index contributed by atoms with van der Waals surface area (Å²) in [6, 6.07) is 0. The average Bonchev–Trinajstić information content (AvgIpc) is 1.97. The van der Waals surface area contributed by atoms with E-state index in [1.165, 1.54) is 6.08 Å². The Labute approximate surface area is 65.0 Å². The number of ether oxygens (including phenoxy) is 1. The number of hydrogen-bond acceptors (Lipinski definition) is 3. The van der Waals surface area contributed by atoms with Crippen molar-refractivity contribution in [2.75, 3.05) is 6.61 Å². The van der Waals surface area contributed by atoms with Crippen molar-refractivity contribution in [3.05, 3.63) is 24.5 Å². The molecule has 1 unspecified atom stereocenters. The lowest BCUT2D eigenvalue weighted by atomic mass is 10.6. The maximum absolute atomic E-state index is 10.3. The number of carbonyl (C=O) groups is 1. The van der Waals surface area contributed by atoms with E-state index in [2.05, 4.69) is 11.3 Å². The van der Waals surface area contributed by atoms with Gasteiger partial charge in [-0.1, -0.05) is 6.58 Å². The van der Waals surface area contributed by atoms with Gasteiger partial charge in [0.15, 0.2) is 5.82 Å². The van der Waals surface area contributed by atoms with Crippen LogP contribution in [0.3, 0.4) is 0 Å². The van der Waals surface area contributed by atoms with Crippen LogP contribution in [0.1, 0.15) is 0 Å². The fourth-order valence-corrected chi connectivity index (χ4v) is 0.589. The fourth-order valence-electron chi connectivity index (χ4n) is 0.322. The minimum atomic E-state index is -2.28. The second-order valence-electron chi connectivity index (χ2n) is 1.52. The Kier molecular flexibility index (Phi) is 5.25. The van der Waals surface area contributed by atoms with Crippen molar-refractivity contribution in [2.45, 2.75) is 0 Å². The molecule has 0 saturated carbocycles. The highest BCUT2D eigenvalue weighted by molar-refractivity contribution is 7.41. The Morgan fingerprint density at radius 1 is 1.73 bits per heavy atom. The molecule has 0 saturated heterocycles. The van der Waals surface area contributed by atoms with Crippen LogP contribution in [0.25, 0.3) is 0 Å². The van der Waals surface area contributed by atoms with Gasteiger partial charge in [0.2, 0.25) is 0 Å². The zero-order valence-corrected chi connectivity index (χ0v) is 6.66. The lowest BCUT2D eigenvalue weighted by Gasteiger charge is -1.92. The highest BCUT2D eigenvalue weighted by Crippen LogP contribution is 2.13. The molecule has 1 N–H and O–H groups in total. The van der Waals surface area contributed by atoms with Crippen molar-refractivity contribution in [1.82, 2.24) is 0 Å². The quantitative estimate of drug-likeness (QED) is 0.392. The van der Waals surface area contributed by atoms with Gasteiger partial charge >= 0.3 is 14.0 Å². The summed E-state index contributed by atoms with van der Waals surface area (Å²) >= 11 is 0. The number of carbonyl (C=O) groups excluding carboxylic acids is 1. The van der Waals surface area contributed by atoms with Crippen molar-refractivity contribution >= 4 is 14.0 Å². The van der Waals surface area contributed by atoms with Crippen LogP contribution in [0.5, 0.6) is 0 Å². The zero-order valence-electron chi connectivity index (χ0n) is 5.77. The Hall–Kier alpha value is -0.990. The molecule has 0 aromatic rings. The van der Waals surface area contributed by atoms with Gasteiger partial charge < -0.3 is 4.74 Å². The van der Waals surface area contributed by atoms with Crippen molar-refractivity contribution in [2.24, 2.45) is 0 Å². The van der Waals surface area contributed by atoms with E-state index in [0.29, 0.717) is 0 Å². The van der Waals surface area contributed by atoms with E-state index < -0.39 is 14.0 Å². The number of hydrogen-bond donors (Lipinski definition) is 1. The molecule has 0 fully saturated rings. The van der Waals surface area contributed by atoms with Gasteiger partial charge in [0.1, 0.15) is 6.61 Å². The van der Waals surface area contributed by atoms with E-state index >= 15 is 0 Å². The third-order valence-electron chi connectivity index (χ3n) is 0.721. The summed E-state index contributed by atoms with van der Waals surface area (Å²) in [7, 11) is -2.28. The second kappa shape index (κ2) is 5.77. The average molecular weight is 175 g/mol. The molecule has 0 aliphatic heterocycles. The maximum atomic E-state index is 10.3. The molecule has 5 heteroatoms. The monoisotopic (exact) mass is 175 g/mol. The summed E-state index contributed by atoms with van der Waals surface area (Å²) in [5, 5.41) is 0. The third kappa shape index (κ3) is 6.90. The Morgan fingerprint density at radius 2 is 2.36 bits per heavy atom. The summed E-state index contributed by atoms with van der Waals surface area (Å²) < 4.78 is 14.5. The van der Waals surface area contributed by atoms with Crippen LogP contribution in [0, 0.1) is 0 Å². The van der Waals surface area contributed by atoms with Crippen LogP contribution in [-0.4, -0.2) is 17.5 Å². The predicted octanol–water partition coefficient (Wildman–Crippen LogP) is 0.964. The summed E-state index contributed by atoms with van der Waals surface area (Å²) in [5.74, 6) is 0.494. The Bertz CT molecular complexity index is 197. The van der Waals surface area contributed by atoms with E-state index in [0.717, 1.165) is 11.9 Å². The van der Waals surface area contributed by atoms with E-state index in [1.807, 2.05) is 0 Å². The van der Waals surface area contributed by atoms with Gasteiger partial charge in [-0.15, -0.1) is 0 Å². The highest BCUT2D eigenvalue weighted by Gasteiger charge is 2.00. The van der Waals surface area contributed by atoms with Crippen molar-refractivity contribution < 1.29 is 19.0 Å². The van der Waals surface area contributed by atoms with E-state index in [-0.39, 0.29) is 6.61 Å². The molecule has 0 amide bonds. The molecule has 0 aromatic carbocycles. The standard InChI is InChI=1S/C6H7O4P/c1-2-6(7)10-4-3-5-11(8)9/h2-3,5H,1,4H2/p+1. The first-order valence-electron chi connectivity index (χ1n) is 2.78. The first-order chi connectivity index (χ1) is 5.16. The molecule has 4 nitrogen and oxygen atoms in total. The minimum Gasteiger partial charge on any atom is -0.458 e. The van der Waals surface area contributed by atoms with Crippen LogP contribution >= 0.6 is 8.03 Å². The summed E-state index contributed by atoms with van der Waals surface area (Å²) in [4.78, 5) is 18.6. The first-order valence-corrected chi connectivity index (χ1v) is 4.06. The lowest BCUT2D eigenvalue weighted by Crippen LogP contribution is -1.98. The van der Waals surface area contributed by atoms with Crippen LogP contribution in [0.4, 0.5) is 0 Å². The molecule has 0 aromatic heterocycles. The topological polar surface area (TPSA) is 63.6 Å². The molecular formula is C6H8O4P+. The molecule has 1 atom stereocenters. The molecule has 0 spiro atoms. The molecule has 60 valence electrons. The van der Waals surface area contributed by atoms with Crippen molar-refractivity contribution in [1.29, 1.82) is 0 Å². The number of esters is 1. The van der Waals surface area contributed by atoms with Gasteiger partial charge in [-0.05, 0) is 4.57 Å². The first kappa shape index (κ1) is 10.0. The Balaban J connectivity index is 3.49. The van der Waals surface area contributed by atoms with Crippen molar-refractivity contribution in [3.63, 3.8) is 0 Å². The van der Waals surface area contributed by atoms with E-state index in [1.54, 1.807) is 0 Å². The normalized spacial score (nSPS) is 11.2. The molecule has 0 heterocycles. The molecule has 0 rings (SSSR count). The van der Waals surface area contributed by atoms with E-state index in [9.17, 15) is 9.36 Å². The molecule has 0 aliphatic rings. The maximum Gasteiger partial charge on any atom is 0.538 e. The SMILES string of the molecule is C=CC(=O)OCC=C[P+](=O)O. The third-order valence-corrected chi connectivity index (χ3v) is 1.19. The molecular weight excluding hydrogens is 167 g/mol. The second-order valence-corrected chi connectivity index (χ2v) is 2.42. The highest BCUT2D eigenvalue weighted by atomic mass is 31.1. The fraction of sp³-hybridized carbons (Fsp3) is 0.167. The van der Waals surface area contributed by atoms with Gasteiger partial charge in [0.25, 0.3) is 0 Å². The van der Waals surface area contributed by atoms with Crippen LogP contribution < -0.4 is 0 Å². The summed E-state index contributed by atoms with van der Waals surface area (Å²) in [6.45, 7) is 3.16. The summed E-state index contributed by atoms with van der Waals surface area (Å²) in [6.07, 6.45) is 2.31. The minimum absolute atomic E-state index is 0.00745. The molecule has 0 aliphatic carbocycles. The predicted molar refractivity (Wildman–Crippen MR) is 40.1 cm³/mol. The van der Waals surface area contributed by atoms with Gasteiger partial charge in [0.05, 0.1) is 0 Å². The molecule has 0 radical (unpaired) electrons. The van der Waals surface area contributed by atoms with Gasteiger partial charge in [0, 0.05) is 12.2 Å². The van der Waals surface area contributed by atoms with Crippen LogP contribution in [0.15, 0.2) is 24.5 Å². The van der Waals surface area contributed by atoms with E-state index in [4.69, 9.17) is 4.89 Å². The number of rotatable bonds is 4.